The van der Waals surface area contributed by atoms with Crippen LogP contribution in [-0.2, 0) is 7.05 Å². The van der Waals surface area contributed by atoms with Crippen LogP contribution >= 0.6 is 0 Å². The number of benzene rings is 1. The maximum absolute atomic E-state index is 6.05. The van der Waals surface area contributed by atoms with Gasteiger partial charge in [0.1, 0.15) is 0 Å². The number of imidazole rings is 1. The van der Waals surface area contributed by atoms with Crippen molar-refractivity contribution in [2.45, 2.75) is 13.8 Å². The van der Waals surface area contributed by atoms with Crippen LogP contribution in [0.2, 0.25) is 0 Å². The maximum atomic E-state index is 6.05. The number of hydrogen-bond acceptors (Lipinski definition) is 3. The highest BCUT2D eigenvalue weighted by molar-refractivity contribution is 5.83. The van der Waals surface area contributed by atoms with Gasteiger partial charge in [0, 0.05) is 13.2 Å². The fourth-order valence-electron chi connectivity index (χ4n) is 2.32. The van der Waals surface area contributed by atoms with Crippen molar-refractivity contribution in [3.05, 3.63) is 35.7 Å². The van der Waals surface area contributed by atoms with E-state index in [4.69, 9.17) is 5.73 Å². The number of aryl methyl sites for hydroxylation is 3. The lowest BCUT2D eigenvalue weighted by molar-refractivity contribution is 0.756. The van der Waals surface area contributed by atoms with Crippen molar-refractivity contribution in [3.63, 3.8) is 0 Å². The molecule has 0 atom stereocenters. The summed E-state index contributed by atoms with van der Waals surface area (Å²) < 4.78 is 3.73. The largest absolute Gasteiger partial charge is 0.369 e. The van der Waals surface area contributed by atoms with E-state index in [-0.39, 0.29) is 0 Å². The van der Waals surface area contributed by atoms with Gasteiger partial charge in [-0.3, -0.25) is 9.25 Å². The first-order chi connectivity index (χ1) is 8.58. The van der Waals surface area contributed by atoms with Crippen molar-refractivity contribution in [2.24, 2.45) is 7.05 Å². The van der Waals surface area contributed by atoms with Gasteiger partial charge in [0.2, 0.25) is 5.95 Å². The van der Waals surface area contributed by atoms with Gasteiger partial charge >= 0.3 is 0 Å². The Morgan fingerprint density at radius 1 is 1.22 bits per heavy atom. The molecule has 0 saturated heterocycles. The van der Waals surface area contributed by atoms with Crippen LogP contribution in [0.4, 0.5) is 5.95 Å². The lowest BCUT2D eigenvalue weighted by atomic mass is 10.2. The van der Waals surface area contributed by atoms with Crippen LogP contribution in [0.25, 0.3) is 16.7 Å². The standard InChI is InChI=1S/C13H15N5/c1-8-5-4-6-10-12(8)15-13(14)18(10)11-7-17(3)16-9(11)2/h4-7H,1-3H3,(H2,14,15). The van der Waals surface area contributed by atoms with E-state index >= 15 is 0 Å². The first kappa shape index (κ1) is 10.8. The molecule has 92 valence electrons. The number of aromatic nitrogens is 4. The Kier molecular flexibility index (Phi) is 2.16. The fourth-order valence-corrected chi connectivity index (χ4v) is 2.32. The second-order valence-corrected chi connectivity index (χ2v) is 4.52. The molecule has 0 aliphatic heterocycles. The molecule has 2 N–H and O–H groups in total. The van der Waals surface area contributed by atoms with Crippen LogP contribution in [0, 0.1) is 13.8 Å². The van der Waals surface area contributed by atoms with Gasteiger partial charge in [0.25, 0.3) is 0 Å². The Labute approximate surface area is 105 Å². The van der Waals surface area contributed by atoms with E-state index < -0.39 is 0 Å². The Morgan fingerprint density at radius 3 is 2.67 bits per heavy atom. The zero-order chi connectivity index (χ0) is 12.9. The third-order valence-electron chi connectivity index (χ3n) is 3.14. The minimum Gasteiger partial charge on any atom is -0.369 e. The summed E-state index contributed by atoms with van der Waals surface area (Å²) in [5.41, 5.74) is 11.0. The average molecular weight is 241 g/mol. The molecular weight excluding hydrogens is 226 g/mol. The lowest BCUT2D eigenvalue weighted by Crippen LogP contribution is -2.00. The highest BCUT2D eigenvalue weighted by Gasteiger charge is 2.14. The van der Waals surface area contributed by atoms with Crippen molar-refractivity contribution in [2.75, 3.05) is 5.73 Å². The van der Waals surface area contributed by atoms with Gasteiger partial charge in [0.15, 0.2) is 0 Å². The van der Waals surface area contributed by atoms with Crippen molar-refractivity contribution < 1.29 is 0 Å². The summed E-state index contributed by atoms with van der Waals surface area (Å²) in [5, 5.41) is 4.35. The van der Waals surface area contributed by atoms with Crippen LogP contribution in [0.3, 0.4) is 0 Å². The molecule has 5 nitrogen and oxygen atoms in total. The Balaban J connectivity index is 2.39. The maximum Gasteiger partial charge on any atom is 0.206 e. The van der Waals surface area contributed by atoms with Crippen LogP contribution in [0.5, 0.6) is 0 Å². The van der Waals surface area contributed by atoms with Crippen LogP contribution in [-0.4, -0.2) is 19.3 Å². The van der Waals surface area contributed by atoms with E-state index in [1.165, 1.54) is 0 Å². The quantitative estimate of drug-likeness (QED) is 0.708. The molecule has 2 heterocycles. The van der Waals surface area contributed by atoms with Gasteiger partial charge < -0.3 is 5.73 Å². The molecular formula is C13H15N5. The number of rotatable bonds is 1. The number of nitrogen functional groups attached to an aromatic ring is 1. The van der Waals surface area contributed by atoms with E-state index in [9.17, 15) is 0 Å². The van der Waals surface area contributed by atoms with Crippen molar-refractivity contribution >= 4 is 17.0 Å². The van der Waals surface area contributed by atoms with Gasteiger partial charge in [0.05, 0.1) is 22.4 Å². The van der Waals surface area contributed by atoms with Crippen molar-refractivity contribution in [1.82, 2.24) is 19.3 Å². The molecule has 18 heavy (non-hydrogen) atoms. The summed E-state index contributed by atoms with van der Waals surface area (Å²) in [7, 11) is 1.90. The molecule has 3 aromatic rings. The predicted molar refractivity (Wildman–Crippen MR) is 71.7 cm³/mol. The zero-order valence-electron chi connectivity index (χ0n) is 10.7. The van der Waals surface area contributed by atoms with E-state index in [0.717, 1.165) is 28.0 Å². The van der Waals surface area contributed by atoms with E-state index in [1.54, 1.807) is 4.68 Å². The minimum atomic E-state index is 0.496. The molecule has 0 bridgehead atoms. The molecule has 0 spiro atoms. The molecule has 1 aromatic carbocycles. The summed E-state index contributed by atoms with van der Waals surface area (Å²) in [5.74, 6) is 0.496. The summed E-state index contributed by atoms with van der Waals surface area (Å²) >= 11 is 0. The van der Waals surface area contributed by atoms with Gasteiger partial charge in [-0.05, 0) is 25.5 Å². The second kappa shape index (κ2) is 3.60. The molecule has 0 aliphatic rings. The first-order valence-electron chi connectivity index (χ1n) is 5.82. The first-order valence-corrected chi connectivity index (χ1v) is 5.82. The second-order valence-electron chi connectivity index (χ2n) is 4.52. The Hall–Kier alpha value is -2.30. The average Bonchev–Trinajstić information content (AvgIpc) is 2.79. The zero-order valence-corrected chi connectivity index (χ0v) is 10.7. The topological polar surface area (TPSA) is 61.7 Å². The smallest absolute Gasteiger partial charge is 0.206 e. The highest BCUT2D eigenvalue weighted by atomic mass is 15.3. The van der Waals surface area contributed by atoms with Crippen molar-refractivity contribution in [1.29, 1.82) is 0 Å². The molecule has 0 fully saturated rings. The SMILES string of the molecule is Cc1nn(C)cc1-n1c(N)nc2c(C)cccc21. The molecule has 3 rings (SSSR count). The third kappa shape index (κ3) is 1.40. The summed E-state index contributed by atoms with van der Waals surface area (Å²) in [4.78, 5) is 4.44. The van der Waals surface area contributed by atoms with E-state index in [0.29, 0.717) is 5.95 Å². The number of nitrogens with zero attached hydrogens (tertiary/aromatic N) is 4. The monoisotopic (exact) mass is 241 g/mol. The summed E-state index contributed by atoms with van der Waals surface area (Å²) in [6, 6.07) is 6.08. The minimum absolute atomic E-state index is 0.496. The number of nitrogens with two attached hydrogens (primary N) is 1. The van der Waals surface area contributed by atoms with Crippen molar-refractivity contribution in [3.8, 4) is 5.69 Å². The van der Waals surface area contributed by atoms with E-state index in [1.807, 2.05) is 49.9 Å². The van der Waals surface area contributed by atoms with Gasteiger partial charge in [-0.1, -0.05) is 12.1 Å². The Morgan fingerprint density at radius 2 is 2.00 bits per heavy atom. The number of anilines is 1. The number of fused-ring (bicyclic) bond motifs is 1. The van der Waals surface area contributed by atoms with E-state index in [2.05, 4.69) is 10.1 Å². The van der Waals surface area contributed by atoms with Gasteiger partial charge in [-0.25, -0.2) is 4.98 Å². The highest BCUT2D eigenvalue weighted by Crippen LogP contribution is 2.26. The molecule has 0 aliphatic carbocycles. The number of hydrogen-bond donors (Lipinski definition) is 1. The summed E-state index contributed by atoms with van der Waals surface area (Å²) in [6.07, 6.45) is 1.95. The molecule has 5 heteroatoms. The fraction of sp³-hybridized carbons (Fsp3) is 0.231. The third-order valence-corrected chi connectivity index (χ3v) is 3.14. The van der Waals surface area contributed by atoms with Gasteiger partial charge in [-0.15, -0.1) is 0 Å². The lowest BCUT2D eigenvalue weighted by Gasteiger charge is -2.04. The molecule has 0 radical (unpaired) electrons. The van der Waals surface area contributed by atoms with Gasteiger partial charge in [-0.2, -0.15) is 5.10 Å². The summed E-state index contributed by atoms with van der Waals surface area (Å²) in [6.45, 7) is 4.01. The molecule has 0 unspecified atom stereocenters. The van der Waals surface area contributed by atoms with Crippen LogP contribution in [0.1, 0.15) is 11.3 Å². The number of para-hydroxylation sites is 1. The Bertz CT molecular complexity index is 735. The predicted octanol–water partition coefficient (Wildman–Crippen LogP) is 1.96. The molecule has 0 amide bonds. The van der Waals surface area contributed by atoms with Crippen LogP contribution in [0.15, 0.2) is 24.4 Å². The van der Waals surface area contributed by atoms with Crippen LogP contribution < -0.4 is 5.73 Å². The normalized spacial score (nSPS) is 11.3. The molecule has 2 aromatic heterocycles. The molecule has 0 saturated carbocycles.